The minimum Gasteiger partial charge on any atom is -0.328 e. The minimum absolute atomic E-state index is 0.131. The molecular weight excluding hydrogens is 292 g/mol. The molecule has 2 aromatic heterocycles. The highest BCUT2D eigenvalue weighted by atomic mass is 35.5. The molecule has 0 spiro atoms. The van der Waals surface area contributed by atoms with Crippen molar-refractivity contribution in [2.24, 2.45) is 14.1 Å². The average Bonchev–Trinajstić information content (AvgIpc) is 2.85. The molecule has 0 aliphatic heterocycles. The van der Waals surface area contributed by atoms with Crippen LogP contribution in [-0.4, -0.2) is 18.7 Å². The molecule has 3 rings (SSSR count). The fourth-order valence-corrected chi connectivity index (χ4v) is 2.53. The van der Waals surface area contributed by atoms with Gasteiger partial charge in [-0.15, -0.1) is 0 Å². The van der Waals surface area contributed by atoms with Crippen LogP contribution in [0.3, 0.4) is 0 Å². The van der Waals surface area contributed by atoms with Gasteiger partial charge in [0.25, 0.3) is 5.56 Å². The average molecular weight is 305 g/mol. The third-order valence-electron chi connectivity index (χ3n) is 3.49. The lowest BCUT2D eigenvalue weighted by atomic mass is 10.2. The highest BCUT2D eigenvalue weighted by Crippen LogP contribution is 2.15. The summed E-state index contributed by atoms with van der Waals surface area (Å²) in [5.41, 5.74) is 0.714. The molecule has 0 aliphatic carbocycles. The molecule has 108 valence electrons. The van der Waals surface area contributed by atoms with Gasteiger partial charge in [-0.3, -0.25) is 13.9 Å². The van der Waals surface area contributed by atoms with Crippen LogP contribution in [0.5, 0.6) is 0 Å². The molecule has 0 amide bonds. The number of imidazole rings is 1. The second-order valence-corrected chi connectivity index (χ2v) is 5.26. The van der Waals surface area contributed by atoms with Gasteiger partial charge in [-0.05, 0) is 11.6 Å². The van der Waals surface area contributed by atoms with Gasteiger partial charge in [0.05, 0.1) is 12.9 Å². The highest BCUT2D eigenvalue weighted by Gasteiger charge is 2.15. The highest BCUT2D eigenvalue weighted by molar-refractivity contribution is 6.31. The van der Waals surface area contributed by atoms with Crippen LogP contribution in [0.15, 0.2) is 40.2 Å². The molecule has 0 atom stereocenters. The molecule has 0 bridgehead atoms. The number of nitrogens with zero attached hydrogens (tertiary/aromatic N) is 4. The van der Waals surface area contributed by atoms with Crippen molar-refractivity contribution < 1.29 is 0 Å². The standard InChI is InChI=1S/C14H13ClN4O2/c1-17-8-16-12-11(17)13(20)19(14(21)18(12)2)7-9-5-3-4-6-10(9)15/h3-6,8H,7H2,1-2H3. The van der Waals surface area contributed by atoms with E-state index in [2.05, 4.69) is 4.98 Å². The summed E-state index contributed by atoms with van der Waals surface area (Å²) in [6, 6.07) is 7.15. The van der Waals surface area contributed by atoms with Crippen molar-refractivity contribution in [3.63, 3.8) is 0 Å². The first-order chi connectivity index (χ1) is 10.0. The van der Waals surface area contributed by atoms with Crippen molar-refractivity contribution >= 4 is 22.8 Å². The molecule has 0 aliphatic rings. The van der Waals surface area contributed by atoms with Gasteiger partial charge in [-0.2, -0.15) is 0 Å². The summed E-state index contributed by atoms with van der Waals surface area (Å²) in [5, 5.41) is 0.525. The fourth-order valence-electron chi connectivity index (χ4n) is 2.33. The summed E-state index contributed by atoms with van der Waals surface area (Å²) in [6.07, 6.45) is 1.52. The van der Waals surface area contributed by atoms with Gasteiger partial charge >= 0.3 is 5.69 Å². The molecule has 0 radical (unpaired) electrons. The van der Waals surface area contributed by atoms with Crippen LogP contribution in [0, 0.1) is 0 Å². The van der Waals surface area contributed by atoms with Crippen molar-refractivity contribution in [3.05, 3.63) is 62.0 Å². The molecule has 2 heterocycles. The summed E-state index contributed by atoms with van der Waals surface area (Å²) in [6.45, 7) is 0.131. The minimum atomic E-state index is -0.411. The number of hydrogen-bond donors (Lipinski definition) is 0. The second kappa shape index (κ2) is 4.89. The van der Waals surface area contributed by atoms with E-state index < -0.39 is 5.69 Å². The van der Waals surface area contributed by atoms with Crippen molar-refractivity contribution in [1.82, 2.24) is 18.7 Å². The lowest BCUT2D eigenvalue weighted by Gasteiger charge is -2.09. The molecule has 3 aromatic rings. The number of hydrogen-bond acceptors (Lipinski definition) is 3. The first-order valence-electron chi connectivity index (χ1n) is 6.35. The van der Waals surface area contributed by atoms with Crippen molar-refractivity contribution in [2.75, 3.05) is 0 Å². The topological polar surface area (TPSA) is 61.8 Å². The number of halogens is 1. The van der Waals surface area contributed by atoms with E-state index in [4.69, 9.17) is 11.6 Å². The van der Waals surface area contributed by atoms with Crippen LogP contribution in [-0.2, 0) is 20.6 Å². The van der Waals surface area contributed by atoms with Gasteiger partial charge < -0.3 is 4.57 Å². The Morgan fingerprint density at radius 1 is 1.19 bits per heavy atom. The molecule has 0 saturated heterocycles. The zero-order chi connectivity index (χ0) is 15.1. The lowest BCUT2D eigenvalue weighted by Crippen LogP contribution is -2.39. The Kier molecular flexibility index (Phi) is 3.17. The van der Waals surface area contributed by atoms with E-state index in [1.165, 1.54) is 15.5 Å². The smallest absolute Gasteiger partial charge is 0.328 e. The normalized spacial score (nSPS) is 11.2. The first kappa shape index (κ1) is 13.6. The van der Waals surface area contributed by atoms with Crippen LogP contribution in [0.4, 0.5) is 0 Å². The van der Waals surface area contributed by atoms with E-state index in [1.54, 1.807) is 36.9 Å². The van der Waals surface area contributed by atoms with Crippen LogP contribution < -0.4 is 11.2 Å². The van der Waals surface area contributed by atoms with E-state index in [0.29, 0.717) is 16.2 Å². The Morgan fingerprint density at radius 2 is 1.90 bits per heavy atom. The third-order valence-corrected chi connectivity index (χ3v) is 3.86. The molecule has 1 aromatic carbocycles. The predicted octanol–water partition coefficient (Wildman–Crippen LogP) is 1.14. The number of benzene rings is 1. The third kappa shape index (κ3) is 2.08. The Hall–Kier alpha value is -2.34. The summed E-state index contributed by atoms with van der Waals surface area (Å²) in [7, 11) is 3.32. The largest absolute Gasteiger partial charge is 0.332 e. The van der Waals surface area contributed by atoms with E-state index in [1.807, 2.05) is 6.07 Å². The molecule has 6 nitrogen and oxygen atoms in total. The summed E-state index contributed by atoms with van der Waals surface area (Å²) >= 11 is 6.11. The Balaban J connectivity index is 2.29. The lowest BCUT2D eigenvalue weighted by molar-refractivity contribution is 0.655. The van der Waals surface area contributed by atoms with Gasteiger partial charge in [0, 0.05) is 19.1 Å². The van der Waals surface area contributed by atoms with Gasteiger partial charge in [-0.25, -0.2) is 9.78 Å². The van der Waals surface area contributed by atoms with E-state index >= 15 is 0 Å². The molecular formula is C14H13ClN4O2. The zero-order valence-corrected chi connectivity index (χ0v) is 12.3. The van der Waals surface area contributed by atoms with Crippen molar-refractivity contribution in [2.45, 2.75) is 6.54 Å². The van der Waals surface area contributed by atoms with Crippen molar-refractivity contribution in [3.8, 4) is 0 Å². The Bertz CT molecular complexity index is 952. The van der Waals surface area contributed by atoms with Gasteiger partial charge in [0.1, 0.15) is 0 Å². The zero-order valence-electron chi connectivity index (χ0n) is 11.6. The van der Waals surface area contributed by atoms with Crippen molar-refractivity contribution in [1.29, 1.82) is 0 Å². The maximum absolute atomic E-state index is 12.5. The number of rotatable bonds is 2. The monoisotopic (exact) mass is 304 g/mol. The van der Waals surface area contributed by atoms with Crippen LogP contribution in [0.25, 0.3) is 11.2 Å². The Morgan fingerprint density at radius 3 is 2.62 bits per heavy atom. The van der Waals surface area contributed by atoms with Gasteiger partial charge in [0.2, 0.25) is 0 Å². The van der Waals surface area contributed by atoms with E-state index in [-0.39, 0.29) is 12.1 Å². The quantitative estimate of drug-likeness (QED) is 0.713. The van der Waals surface area contributed by atoms with Gasteiger partial charge in [0.15, 0.2) is 11.2 Å². The van der Waals surface area contributed by atoms with E-state index in [9.17, 15) is 9.59 Å². The number of aromatic nitrogens is 4. The summed E-state index contributed by atoms with van der Waals surface area (Å²) in [5.74, 6) is 0. The van der Waals surface area contributed by atoms with Gasteiger partial charge in [-0.1, -0.05) is 29.8 Å². The molecule has 7 heteroatoms. The Labute approximate surface area is 124 Å². The SMILES string of the molecule is Cn1cnc2c1c(=O)n(Cc1ccccc1Cl)c(=O)n2C. The molecule has 0 saturated carbocycles. The second-order valence-electron chi connectivity index (χ2n) is 4.85. The van der Waals surface area contributed by atoms with Crippen LogP contribution in [0.2, 0.25) is 5.02 Å². The number of fused-ring (bicyclic) bond motifs is 1. The molecule has 21 heavy (non-hydrogen) atoms. The van der Waals surface area contributed by atoms with Crippen LogP contribution >= 0.6 is 11.6 Å². The maximum Gasteiger partial charge on any atom is 0.332 e. The summed E-state index contributed by atoms with van der Waals surface area (Å²) < 4.78 is 4.15. The molecule has 0 fully saturated rings. The van der Waals surface area contributed by atoms with E-state index in [0.717, 1.165) is 5.56 Å². The predicted molar refractivity (Wildman–Crippen MR) is 80.8 cm³/mol. The number of aryl methyl sites for hydroxylation is 2. The first-order valence-corrected chi connectivity index (χ1v) is 6.72. The fraction of sp³-hybridized carbons (Fsp3) is 0.214. The maximum atomic E-state index is 12.5. The molecule has 0 unspecified atom stereocenters. The summed E-state index contributed by atoms with van der Waals surface area (Å²) in [4.78, 5) is 29.0. The molecule has 0 N–H and O–H groups in total. The van der Waals surface area contributed by atoms with Crippen LogP contribution in [0.1, 0.15) is 5.56 Å².